The molecule has 0 aromatic heterocycles. The maximum atomic E-state index is 11.4. The van der Waals surface area contributed by atoms with Crippen molar-refractivity contribution in [3.05, 3.63) is 30.3 Å². The van der Waals surface area contributed by atoms with E-state index in [4.69, 9.17) is 4.55 Å². The Morgan fingerprint density at radius 3 is 2.00 bits per heavy atom. The first-order valence-electron chi connectivity index (χ1n) is 4.78. The zero-order chi connectivity index (χ0) is 14.4. The van der Waals surface area contributed by atoms with Gasteiger partial charge in [0.2, 0.25) is 0 Å². The Kier molecular flexibility index (Phi) is 7.37. The predicted octanol–water partition coefficient (Wildman–Crippen LogP) is -5.93. The van der Waals surface area contributed by atoms with Crippen molar-refractivity contribution in [2.24, 2.45) is 0 Å². The van der Waals surface area contributed by atoms with E-state index < -0.39 is 35.8 Å². The molecule has 0 unspecified atom stereocenters. The van der Waals surface area contributed by atoms with Crippen molar-refractivity contribution in [3.8, 4) is 5.75 Å². The number of benzene rings is 2. The Morgan fingerprint density at radius 1 is 0.952 bits per heavy atom. The van der Waals surface area contributed by atoms with Crippen LogP contribution in [0.2, 0.25) is 0 Å². The summed E-state index contributed by atoms with van der Waals surface area (Å²) in [5.74, 6) is -0.923. The molecule has 0 bridgehead atoms. The van der Waals surface area contributed by atoms with Crippen molar-refractivity contribution in [2.45, 2.75) is 9.79 Å². The van der Waals surface area contributed by atoms with Gasteiger partial charge in [-0.1, -0.05) is 23.9 Å². The molecule has 11 heteroatoms. The molecular formula is C10H6Na2O7S2. The monoisotopic (exact) mass is 348 g/mol. The largest absolute Gasteiger partial charge is 1.00 e. The van der Waals surface area contributed by atoms with E-state index in [-0.39, 0.29) is 69.9 Å². The molecule has 0 amide bonds. The normalized spacial score (nSPS) is 11.5. The average molecular weight is 348 g/mol. The minimum Gasteiger partial charge on any atom is -0.872 e. The van der Waals surface area contributed by atoms with Gasteiger partial charge in [0, 0.05) is 5.39 Å². The second-order valence-corrected chi connectivity index (χ2v) is 6.44. The smallest absolute Gasteiger partial charge is 0.872 e. The van der Waals surface area contributed by atoms with Crippen LogP contribution in [0.25, 0.3) is 10.8 Å². The molecule has 2 aromatic carbocycles. The molecule has 21 heavy (non-hydrogen) atoms. The molecule has 0 saturated heterocycles. The second-order valence-electron chi connectivity index (χ2n) is 3.70. The predicted molar refractivity (Wildman–Crippen MR) is 61.2 cm³/mol. The molecule has 0 aliphatic carbocycles. The van der Waals surface area contributed by atoms with Gasteiger partial charge in [-0.15, -0.1) is 0 Å². The molecule has 0 heterocycles. The molecule has 0 fully saturated rings. The van der Waals surface area contributed by atoms with E-state index in [2.05, 4.69) is 0 Å². The number of fused-ring (bicyclic) bond motifs is 1. The SMILES string of the molecule is O=S(=O)([O-])c1ccc2c(S(=O)(=O)O)c([O-])ccc2c1.[Na+].[Na+]. The molecule has 0 spiro atoms. The van der Waals surface area contributed by atoms with Crippen LogP contribution in [0.15, 0.2) is 40.1 Å². The van der Waals surface area contributed by atoms with Crippen LogP contribution in [0.1, 0.15) is 0 Å². The summed E-state index contributed by atoms with van der Waals surface area (Å²) in [5, 5.41) is 11.3. The van der Waals surface area contributed by atoms with Gasteiger partial charge in [0.25, 0.3) is 10.1 Å². The Hall–Kier alpha value is 0.320. The maximum absolute atomic E-state index is 11.4. The molecule has 0 aliphatic rings. The van der Waals surface area contributed by atoms with Crippen LogP contribution in [0.5, 0.6) is 5.75 Å². The third kappa shape index (κ3) is 4.64. The Labute approximate surface area is 165 Å². The van der Waals surface area contributed by atoms with Crippen LogP contribution in [-0.4, -0.2) is 25.9 Å². The number of hydrogen-bond donors (Lipinski definition) is 1. The van der Waals surface area contributed by atoms with Gasteiger partial charge in [0.05, 0.1) is 9.79 Å². The molecule has 0 radical (unpaired) electrons. The quantitative estimate of drug-likeness (QED) is 0.422. The van der Waals surface area contributed by atoms with Crippen LogP contribution < -0.4 is 64.2 Å². The fourth-order valence-electron chi connectivity index (χ4n) is 1.68. The van der Waals surface area contributed by atoms with Crippen LogP contribution >= 0.6 is 0 Å². The Bertz CT molecular complexity index is 876. The summed E-state index contributed by atoms with van der Waals surface area (Å²) in [6.45, 7) is 0. The van der Waals surface area contributed by atoms with Gasteiger partial charge in [0.1, 0.15) is 10.1 Å². The van der Waals surface area contributed by atoms with E-state index in [1.165, 1.54) is 6.07 Å². The zero-order valence-electron chi connectivity index (χ0n) is 11.1. The Balaban J connectivity index is 0.00000200. The van der Waals surface area contributed by atoms with Crippen LogP contribution in [0, 0.1) is 0 Å². The third-order valence-corrected chi connectivity index (χ3v) is 4.22. The minimum absolute atomic E-state index is 0. The van der Waals surface area contributed by atoms with Gasteiger partial charge in [-0.3, -0.25) is 4.55 Å². The van der Waals surface area contributed by atoms with Crippen molar-refractivity contribution < 1.29 is 90.2 Å². The van der Waals surface area contributed by atoms with E-state index >= 15 is 0 Å². The topological polar surface area (TPSA) is 135 Å². The van der Waals surface area contributed by atoms with E-state index in [0.29, 0.717) is 0 Å². The standard InChI is InChI=1S/C10H8O7S2.2Na/c11-9-4-1-6-5-7(18(12,13)14)2-3-8(6)10(9)19(15,16)17;;/h1-5,11H,(H,12,13,14)(H,15,16,17);;/q;2*+1/p-2. The van der Waals surface area contributed by atoms with Gasteiger partial charge < -0.3 is 9.66 Å². The molecule has 0 atom stereocenters. The summed E-state index contributed by atoms with van der Waals surface area (Å²) in [7, 11) is -9.44. The maximum Gasteiger partial charge on any atom is 1.00 e. The Morgan fingerprint density at radius 2 is 1.52 bits per heavy atom. The second kappa shape index (κ2) is 7.26. The molecule has 0 saturated carbocycles. The summed E-state index contributed by atoms with van der Waals surface area (Å²) in [6, 6.07) is 4.84. The summed E-state index contributed by atoms with van der Waals surface area (Å²) in [6.07, 6.45) is 0. The molecule has 7 nitrogen and oxygen atoms in total. The van der Waals surface area contributed by atoms with E-state index in [1.807, 2.05) is 0 Å². The molecule has 0 aliphatic heterocycles. The van der Waals surface area contributed by atoms with Crippen molar-refractivity contribution in [2.75, 3.05) is 0 Å². The number of hydrogen-bond acceptors (Lipinski definition) is 6. The van der Waals surface area contributed by atoms with E-state index in [1.54, 1.807) is 0 Å². The summed E-state index contributed by atoms with van der Waals surface area (Å²) >= 11 is 0. The van der Waals surface area contributed by atoms with Crippen molar-refractivity contribution >= 4 is 31.0 Å². The molecular weight excluding hydrogens is 342 g/mol. The summed E-state index contributed by atoms with van der Waals surface area (Å²) < 4.78 is 63.8. The molecule has 2 rings (SSSR count). The number of rotatable bonds is 2. The first kappa shape index (κ1) is 21.3. The van der Waals surface area contributed by atoms with Crippen LogP contribution in [0.3, 0.4) is 0 Å². The van der Waals surface area contributed by atoms with E-state index in [9.17, 15) is 26.5 Å². The fraction of sp³-hybridized carbons (Fsp3) is 0. The van der Waals surface area contributed by atoms with Crippen molar-refractivity contribution in [3.63, 3.8) is 0 Å². The average Bonchev–Trinajstić information content (AvgIpc) is 2.25. The van der Waals surface area contributed by atoms with Crippen molar-refractivity contribution in [1.82, 2.24) is 0 Å². The molecule has 2 aromatic rings. The van der Waals surface area contributed by atoms with Gasteiger partial charge in [-0.25, -0.2) is 8.42 Å². The summed E-state index contributed by atoms with van der Waals surface area (Å²) in [5.41, 5.74) is 0. The van der Waals surface area contributed by atoms with Crippen LogP contribution in [0.4, 0.5) is 0 Å². The first-order chi connectivity index (χ1) is 8.60. The zero-order valence-corrected chi connectivity index (χ0v) is 16.7. The van der Waals surface area contributed by atoms with Gasteiger partial charge in [-0.05, 0) is 17.5 Å². The first-order valence-corrected chi connectivity index (χ1v) is 7.63. The van der Waals surface area contributed by atoms with Gasteiger partial charge in [-0.2, -0.15) is 8.42 Å². The van der Waals surface area contributed by atoms with Gasteiger partial charge in [0.15, 0.2) is 0 Å². The molecule has 102 valence electrons. The minimum atomic E-state index is -4.75. The summed E-state index contributed by atoms with van der Waals surface area (Å²) in [4.78, 5) is -1.40. The van der Waals surface area contributed by atoms with E-state index in [0.717, 1.165) is 24.3 Å². The fourth-order valence-corrected chi connectivity index (χ4v) is 2.97. The van der Waals surface area contributed by atoms with Crippen LogP contribution in [-0.2, 0) is 20.2 Å². The van der Waals surface area contributed by atoms with Gasteiger partial charge >= 0.3 is 59.1 Å². The molecule has 1 N–H and O–H groups in total. The third-order valence-electron chi connectivity index (χ3n) is 2.45. The van der Waals surface area contributed by atoms with Crippen molar-refractivity contribution in [1.29, 1.82) is 0 Å².